The van der Waals surface area contributed by atoms with Gasteiger partial charge in [-0.2, -0.15) is 0 Å². The Labute approximate surface area is 115 Å². The fraction of sp³-hybridized carbons (Fsp3) is 0.429. The molecule has 0 aromatic heterocycles. The second kappa shape index (κ2) is 4.56. The molecule has 1 unspecified atom stereocenters. The molecule has 2 aliphatic rings. The third-order valence-corrected chi connectivity index (χ3v) is 5.42. The van der Waals surface area contributed by atoms with E-state index >= 15 is 0 Å². The summed E-state index contributed by atoms with van der Waals surface area (Å²) < 4.78 is 4.44. The standard InChI is InChI=1S/C14H15NO3S/c1-18-12(16)10-2-3-11-9(8-10)4-5-14(19-11)6-7-15-13(14)17/h2-3,8H,4-7H2,1H3,(H,15,17). The van der Waals surface area contributed by atoms with Gasteiger partial charge >= 0.3 is 5.97 Å². The van der Waals surface area contributed by atoms with Crippen molar-refractivity contribution in [3.05, 3.63) is 29.3 Å². The number of hydrogen-bond donors (Lipinski definition) is 1. The van der Waals surface area contributed by atoms with Crippen LogP contribution in [0.2, 0.25) is 0 Å². The monoisotopic (exact) mass is 277 g/mol. The number of hydrogen-bond acceptors (Lipinski definition) is 4. The topological polar surface area (TPSA) is 55.4 Å². The van der Waals surface area contributed by atoms with Crippen molar-refractivity contribution in [3.63, 3.8) is 0 Å². The van der Waals surface area contributed by atoms with Gasteiger partial charge in [0.25, 0.3) is 0 Å². The molecule has 0 aliphatic carbocycles. The van der Waals surface area contributed by atoms with E-state index in [4.69, 9.17) is 4.74 Å². The first-order valence-electron chi connectivity index (χ1n) is 6.33. The third kappa shape index (κ3) is 2.02. The number of methoxy groups -OCH3 is 1. The largest absolute Gasteiger partial charge is 0.465 e. The fourth-order valence-electron chi connectivity index (χ4n) is 2.71. The molecule has 1 atom stereocenters. The number of ether oxygens (including phenoxy) is 1. The van der Waals surface area contributed by atoms with E-state index in [-0.39, 0.29) is 16.6 Å². The number of nitrogens with one attached hydrogen (secondary N) is 1. The van der Waals surface area contributed by atoms with Gasteiger partial charge in [0.15, 0.2) is 0 Å². The molecule has 2 aliphatic heterocycles. The first kappa shape index (κ1) is 12.5. The molecule has 19 heavy (non-hydrogen) atoms. The molecule has 1 spiro atoms. The fourth-order valence-corrected chi connectivity index (χ4v) is 4.13. The van der Waals surface area contributed by atoms with Gasteiger partial charge in [0.1, 0.15) is 4.75 Å². The molecule has 0 radical (unpaired) electrons. The van der Waals surface area contributed by atoms with Crippen molar-refractivity contribution in [2.75, 3.05) is 13.7 Å². The number of fused-ring (bicyclic) bond motifs is 1. The zero-order valence-corrected chi connectivity index (χ0v) is 11.5. The van der Waals surface area contributed by atoms with Crippen molar-refractivity contribution in [1.29, 1.82) is 0 Å². The van der Waals surface area contributed by atoms with Crippen LogP contribution in [0.3, 0.4) is 0 Å². The van der Waals surface area contributed by atoms with Gasteiger partial charge in [0.2, 0.25) is 5.91 Å². The van der Waals surface area contributed by atoms with Gasteiger partial charge in [-0.3, -0.25) is 4.79 Å². The highest BCUT2D eigenvalue weighted by Gasteiger charge is 2.45. The summed E-state index contributed by atoms with van der Waals surface area (Å²) in [6, 6.07) is 5.58. The average molecular weight is 277 g/mol. The van der Waals surface area contributed by atoms with Crippen LogP contribution in [0.1, 0.15) is 28.8 Å². The van der Waals surface area contributed by atoms with Crippen LogP contribution in [0, 0.1) is 0 Å². The lowest BCUT2D eigenvalue weighted by atomic mass is 9.95. The molecule has 4 nitrogen and oxygen atoms in total. The van der Waals surface area contributed by atoms with Crippen LogP contribution >= 0.6 is 11.8 Å². The number of aryl methyl sites for hydroxylation is 1. The average Bonchev–Trinajstić information content (AvgIpc) is 2.78. The van der Waals surface area contributed by atoms with Crippen molar-refractivity contribution >= 4 is 23.6 Å². The predicted octanol–water partition coefficient (Wildman–Crippen LogP) is 1.77. The van der Waals surface area contributed by atoms with Crippen LogP contribution in [0.15, 0.2) is 23.1 Å². The van der Waals surface area contributed by atoms with Crippen molar-refractivity contribution < 1.29 is 14.3 Å². The Morgan fingerprint density at radius 2 is 2.26 bits per heavy atom. The Morgan fingerprint density at radius 1 is 1.42 bits per heavy atom. The molecule has 1 amide bonds. The van der Waals surface area contributed by atoms with Gasteiger partial charge in [-0.25, -0.2) is 4.79 Å². The lowest BCUT2D eigenvalue weighted by Gasteiger charge is -2.31. The van der Waals surface area contributed by atoms with E-state index in [1.54, 1.807) is 17.8 Å². The van der Waals surface area contributed by atoms with Crippen LogP contribution in [0.25, 0.3) is 0 Å². The predicted molar refractivity (Wildman–Crippen MR) is 72.3 cm³/mol. The maximum absolute atomic E-state index is 12.0. The number of esters is 1. The second-order valence-electron chi connectivity index (χ2n) is 4.92. The number of amides is 1. The molecule has 0 bridgehead atoms. The molecule has 1 fully saturated rings. The van der Waals surface area contributed by atoms with Crippen LogP contribution in [-0.4, -0.2) is 30.3 Å². The molecule has 1 aromatic carbocycles. The molecule has 0 saturated carbocycles. The van der Waals surface area contributed by atoms with E-state index in [0.29, 0.717) is 5.56 Å². The first-order valence-corrected chi connectivity index (χ1v) is 7.15. The minimum Gasteiger partial charge on any atom is -0.465 e. The summed E-state index contributed by atoms with van der Waals surface area (Å²) in [4.78, 5) is 24.6. The Kier molecular flexibility index (Phi) is 3.01. The Hall–Kier alpha value is -1.49. The highest BCUT2D eigenvalue weighted by Crippen LogP contribution is 2.47. The van der Waals surface area contributed by atoms with Gasteiger partial charge in [-0.05, 0) is 43.0 Å². The summed E-state index contributed by atoms with van der Waals surface area (Å²) in [5.41, 5.74) is 1.71. The Bertz CT molecular complexity index is 558. The minimum atomic E-state index is -0.313. The lowest BCUT2D eigenvalue weighted by Crippen LogP contribution is -2.37. The summed E-state index contributed by atoms with van der Waals surface area (Å²) in [6.07, 6.45) is 2.55. The number of carbonyl (C=O) groups excluding carboxylic acids is 2. The van der Waals surface area contributed by atoms with Gasteiger partial charge in [0.05, 0.1) is 12.7 Å². The summed E-state index contributed by atoms with van der Waals surface area (Å²) in [6.45, 7) is 0.765. The van der Waals surface area contributed by atoms with Crippen molar-refractivity contribution in [2.45, 2.75) is 28.9 Å². The number of benzene rings is 1. The van der Waals surface area contributed by atoms with Crippen LogP contribution in [-0.2, 0) is 16.0 Å². The molecule has 3 rings (SSSR count). The summed E-state index contributed by atoms with van der Waals surface area (Å²) in [5, 5.41) is 2.92. The van der Waals surface area contributed by atoms with Gasteiger partial charge in [-0.1, -0.05) is 0 Å². The summed E-state index contributed by atoms with van der Waals surface area (Å²) in [5.74, 6) is -0.160. The third-order valence-electron chi connectivity index (χ3n) is 3.81. The normalized spacial score (nSPS) is 25.0. The van der Waals surface area contributed by atoms with Crippen molar-refractivity contribution in [1.82, 2.24) is 5.32 Å². The quantitative estimate of drug-likeness (QED) is 0.795. The number of carbonyl (C=O) groups is 2. The van der Waals surface area contributed by atoms with E-state index < -0.39 is 0 Å². The van der Waals surface area contributed by atoms with Gasteiger partial charge in [0, 0.05) is 11.4 Å². The SMILES string of the molecule is COC(=O)c1ccc2c(c1)CCC1(CCNC1=O)S2. The van der Waals surface area contributed by atoms with Gasteiger partial charge in [-0.15, -0.1) is 11.8 Å². The van der Waals surface area contributed by atoms with Crippen molar-refractivity contribution in [3.8, 4) is 0 Å². The second-order valence-corrected chi connectivity index (χ2v) is 6.34. The number of rotatable bonds is 1. The Balaban J connectivity index is 1.91. The van der Waals surface area contributed by atoms with Crippen LogP contribution in [0.5, 0.6) is 0 Å². The van der Waals surface area contributed by atoms with E-state index in [1.807, 2.05) is 12.1 Å². The summed E-state index contributed by atoms with van der Waals surface area (Å²) >= 11 is 1.64. The maximum Gasteiger partial charge on any atom is 0.337 e. The van der Waals surface area contributed by atoms with Crippen LogP contribution < -0.4 is 5.32 Å². The zero-order valence-electron chi connectivity index (χ0n) is 10.7. The Morgan fingerprint density at radius 3 is 2.95 bits per heavy atom. The molecular weight excluding hydrogens is 262 g/mol. The molecular formula is C14H15NO3S. The highest BCUT2D eigenvalue weighted by atomic mass is 32.2. The molecule has 1 saturated heterocycles. The van der Waals surface area contributed by atoms with E-state index in [9.17, 15) is 9.59 Å². The minimum absolute atomic E-state index is 0.153. The first-order chi connectivity index (χ1) is 9.14. The van der Waals surface area contributed by atoms with Gasteiger partial charge < -0.3 is 10.1 Å². The highest BCUT2D eigenvalue weighted by molar-refractivity contribution is 8.01. The van der Waals surface area contributed by atoms with E-state index in [0.717, 1.165) is 36.3 Å². The summed E-state index contributed by atoms with van der Waals surface area (Å²) in [7, 11) is 1.38. The molecule has 2 heterocycles. The van der Waals surface area contributed by atoms with Crippen molar-refractivity contribution in [2.24, 2.45) is 0 Å². The molecule has 5 heteroatoms. The molecule has 1 N–H and O–H groups in total. The number of thioether (sulfide) groups is 1. The lowest BCUT2D eigenvalue weighted by molar-refractivity contribution is -0.121. The van der Waals surface area contributed by atoms with E-state index in [2.05, 4.69) is 5.32 Å². The zero-order chi connectivity index (χ0) is 13.5. The maximum atomic E-state index is 12.0. The van der Waals surface area contributed by atoms with Crippen LogP contribution in [0.4, 0.5) is 0 Å². The molecule has 100 valence electrons. The smallest absolute Gasteiger partial charge is 0.337 e. The molecule has 1 aromatic rings. The van der Waals surface area contributed by atoms with E-state index in [1.165, 1.54) is 7.11 Å².